The summed E-state index contributed by atoms with van der Waals surface area (Å²) < 4.78 is 14.9. The van der Waals surface area contributed by atoms with Crippen molar-refractivity contribution in [1.82, 2.24) is 0 Å². The van der Waals surface area contributed by atoms with Gasteiger partial charge in [0.05, 0.1) is 19.0 Å². The average molecular weight is 166 g/mol. The number of rotatable bonds is 6. The third-order valence-corrected chi connectivity index (χ3v) is 2.81. The summed E-state index contributed by atoms with van der Waals surface area (Å²) >= 11 is 0. The molecule has 0 atom stereocenters. The summed E-state index contributed by atoms with van der Waals surface area (Å²) in [4.78, 5) is 0. The number of ether oxygens (including phenoxy) is 3. The molecule has 0 heterocycles. The first kappa shape index (κ1) is 10.3. The van der Waals surface area contributed by atoms with Crippen molar-refractivity contribution in [2.45, 2.75) is 0 Å². The molecule has 0 spiro atoms. The molecule has 0 N–H and O–H groups in total. The van der Waals surface area contributed by atoms with Crippen LogP contribution < -0.4 is 0 Å². The molecule has 0 unspecified atom stereocenters. The van der Waals surface area contributed by atoms with Gasteiger partial charge in [-0.05, 0) is 7.92 Å². The summed E-state index contributed by atoms with van der Waals surface area (Å²) in [6.45, 7) is 0. The van der Waals surface area contributed by atoms with E-state index in [2.05, 4.69) is 0 Å². The van der Waals surface area contributed by atoms with Crippen molar-refractivity contribution < 1.29 is 14.2 Å². The van der Waals surface area contributed by atoms with Gasteiger partial charge in [-0.1, -0.05) is 0 Å². The van der Waals surface area contributed by atoms with E-state index < -0.39 is 0 Å². The van der Waals surface area contributed by atoms with Crippen molar-refractivity contribution in [3.63, 3.8) is 0 Å². The Labute approximate surface area is 63.4 Å². The molecule has 0 fully saturated rings. The van der Waals surface area contributed by atoms with Crippen molar-refractivity contribution in [3.8, 4) is 0 Å². The quantitative estimate of drug-likeness (QED) is 0.556. The van der Waals surface area contributed by atoms with Crippen molar-refractivity contribution in [2.24, 2.45) is 0 Å². The first-order valence-corrected chi connectivity index (χ1v) is 4.94. The summed E-state index contributed by atoms with van der Waals surface area (Å²) in [7, 11) is 4.86. The van der Waals surface area contributed by atoms with Crippen LogP contribution in [0.4, 0.5) is 0 Å². The van der Waals surface area contributed by atoms with E-state index in [1.54, 1.807) is 21.3 Å². The Morgan fingerprint density at radius 3 is 1.30 bits per heavy atom. The maximum atomic E-state index is 4.98. The van der Waals surface area contributed by atoms with Gasteiger partial charge in [0.2, 0.25) is 0 Å². The van der Waals surface area contributed by atoms with Crippen molar-refractivity contribution in [3.05, 3.63) is 0 Å². The van der Waals surface area contributed by atoms with E-state index in [9.17, 15) is 0 Å². The highest BCUT2D eigenvalue weighted by atomic mass is 31.1. The Morgan fingerprint density at radius 1 is 0.800 bits per heavy atom. The Bertz CT molecular complexity index is 55.7. The standard InChI is InChI=1S/C6H15O3P/c1-7-4-10(5-8-2)6-9-3/h4-6H2,1-3H3. The fourth-order valence-corrected chi connectivity index (χ4v) is 1.98. The number of hydrogen-bond donors (Lipinski definition) is 0. The van der Waals surface area contributed by atoms with Gasteiger partial charge in [-0.25, -0.2) is 0 Å². The van der Waals surface area contributed by atoms with E-state index in [-0.39, 0.29) is 7.92 Å². The highest BCUT2D eigenvalue weighted by Crippen LogP contribution is 2.34. The summed E-state index contributed by atoms with van der Waals surface area (Å²) in [6, 6.07) is 0. The molecule has 0 rings (SSSR count). The van der Waals surface area contributed by atoms with Gasteiger partial charge in [0, 0.05) is 21.3 Å². The predicted molar refractivity (Wildman–Crippen MR) is 42.5 cm³/mol. The Balaban J connectivity index is 3.30. The van der Waals surface area contributed by atoms with Gasteiger partial charge >= 0.3 is 0 Å². The monoisotopic (exact) mass is 166 g/mol. The fourth-order valence-electron chi connectivity index (χ4n) is 0.660. The molecule has 0 aliphatic carbocycles. The zero-order valence-corrected chi connectivity index (χ0v) is 7.69. The molecule has 0 aliphatic rings. The maximum Gasteiger partial charge on any atom is 0.0700 e. The zero-order valence-electron chi connectivity index (χ0n) is 6.79. The van der Waals surface area contributed by atoms with E-state index in [0.717, 1.165) is 19.0 Å². The van der Waals surface area contributed by atoms with Crippen LogP contribution in [0.3, 0.4) is 0 Å². The van der Waals surface area contributed by atoms with Crippen LogP contribution in [0.25, 0.3) is 0 Å². The smallest absolute Gasteiger partial charge is 0.0700 e. The minimum atomic E-state index is -0.228. The van der Waals surface area contributed by atoms with Gasteiger partial charge in [-0.15, -0.1) is 0 Å². The van der Waals surface area contributed by atoms with Gasteiger partial charge in [0.25, 0.3) is 0 Å². The lowest BCUT2D eigenvalue weighted by molar-refractivity contribution is 0.214. The third-order valence-electron chi connectivity index (χ3n) is 0.935. The second-order valence-corrected chi connectivity index (χ2v) is 4.04. The second-order valence-electron chi connectivity index (χ2n) is 1.92. The molecule has 0 aromatic heterocycles. The van der Waals surface area contributed by atoms with Gasteiger partial charge in [0.1, 0.15) is 0 Å². The third kappa shape index (κ3) is 5.12. The largest absolute Gasteiger partial charge is 0.380 e. The SMILES string of the molecule is COCP(COC)COC. The molecule has 62 valence electrons. The van der Waals surface area contributed by atoms with Crippen LogP contribution in [-0.4, -0.2) is 40.4 Å². The van der Waals surface area contributed by atoms with Crippen LogP contribution in [-0.2, 0) is 14.2 Å². The molecule has 0 aromatic carbocycles. The molecule has 3 nitrogen and oxygen atoms in total. The highest BCUT2D eigenvalue weighted by Gasteiger charge is 2.05. The molecule has 4 heteroatoms. The maximum absolute atomic E-state index is 4.98. The van der Waals surface area contributed by atoms with E-state index in [1.807, 2.05) is 0 Å². The Hall–Kier alpha value is 0.310. The van der Waals surface area contributed by atoms with E-state index >= 15 is 0 Å². The van der Waals surface area contributed by atoms with Crippen LogP contribution in [0.1, 0.15) is 0 Å². The van der Waals surface area contributed by atoms with Crippen molar-refractivity contribution >= 4 is 7.92 Å². The molecule has 0 aromatic rings. The lowest BCUT2D eigenvalue weighted by Gasteiger charge is -2.13. The molecule has 0 amide bonds. The average Bonchev–Trinajstić information content (AvgIpc) is 1.90. The minimum absolute atomic E-state index is 0.228. The molecular formula is C6H15O3P. The molecule has 0 saturated carbocycles. The second kappa shape index (κ2) is 7.42. The van der Waals surface area contributed by atoms with E-state index in [4.69, 9.17) is 14.2 Å². The van der Waals surface area contributed by atoms with Gasteiger partial charge in [-0.3, -0.25) is 0 Å². The summed E-state index contributed by atoms with van der Waals surface area (Å²) in [5.41, 5.74) is 0. The van der Waals surface area contributed by atoms with E-state index in [1.165, 1.54) is 0 Å². The van der Waals surface area contributed by atoms with Crippen molar-refractivity contribution in [2.75, 3.05) is 40.4 Å². The van der Waals surface area contributed by atoms with Crippen LogP contribution in [0.5, 0.6) is 0 Å². The number of hydrogen-bond acceptors (Lipinski definition) is 3. The van der Waals surface area contributed by atoms with Crippen molar-refractivity contribution in [1.29, 1.82) is 0 Å². The normalized spacial score (nSPS) is 10.8. The highest BCUT2D eigenvalue weighted by molar-refractivity contribution is 7.57. The first-order valence-electron chi connectivity index (χ1n) is 3.04. The van der Waals surface area contributed by atoms with Gasteiger partial charge in [0.15, 0.2) is 0 Å². The summed E-state index contributed by atoms with van der Waals surface area (Å²) in [5, 5.41) is 0. The molecular weight excluding hydrogens is 151 g/mol. The first-order chi connectivity index (χ1) is 4.85. The predicted octanol–water partition coefficient (Wildman–Crippen LogP) is 1.28. The van der Waals surface area contributed by atoms with Crippen LogP contribution in [0.15, 0.2) is 0 Å². The lowest BCUT2D eigenvalue weighted by atomic mass is 11.5. The lowest BCUT2D eigenvalue weighted by Crippen LogP contribution is -1.99. The molecule has 0 bridgehead atoms. The van der Waals surface area contributed by atoms with Gasteiger partial charge in [-0.2, -0.15) is 0 Å². The van der Waals surface area contributed by atoms with Crippen LogP contribution in [0, 0.1) is 0 Å². The van der Waals surface area contributed by atoms with Crippen LogP contribution >= 0.6 is 7.92 Å². The molecule has 0 saturated heterocycles. The molecule has 0 aliphatic heterocycles. The van der Waals surface area contributed by atoms with Gasteiger partial charge < -0.3 is 14.2 Å². The molecule has 0 radical (unpaired) electrons. The number of methoxy groups -OCH3 is 3. The zero-order chi connectivity index (χ0) is 7.82. The summed E-state index contributed by atoms with van der Waals surface area (Å²) in [5.74, 6) is 0. The summed E-state index contributed by atoms with van der Waals surface area (Å²) in [6.07, 6.45) is 2.28. The minimum Gasteiger partial charge on any atom is -0.380 e. The van der Waals surface area contributed by atoms with E-state index in [0.29, 0.717) is 0 Å². The Morgan fingerprint density at radius 2 is 1.10 bits per heavy atom. The van der Waals surface area contributed by atoms with Crippen LogP contribution in [0.2, 0.25) is 0 Å². The Kier molecular flexibility index (Phi) is 7.65. The topological polar surface area (TPSA) is 27.7 Å². The fraction of sp³-hybridized carbons (Fsp3) is 1.00. The molecule has 10 heavy (non-hydrogen) atoms.